The van der Waals surface area contributed by atoms with Crippen molar-refractivity contribution >= 4 is 12.2 Å². The van der Waals surface area contributed by atoms with E-state index in [-0.39, 0.29) is 17.4 Å². The Balaban J connectivity index is 0.000000351. The zero-order chi connectivity index (χ0) is 18.2. The minimum absolute atomic E-state index is 0.0317. The lowest BCUT2D eigenvalue weighted by Gasteiger charge is -2.23. The standard InChI is InChI=1S/C12H16N2O3.C5H10O2/c1-9-4-5-11(14(15)16)12(7-9)17-10-3-2-6-13-8-10;1-5(2,3)7-4-6/h4-5,7,10,13H,2-3,6,8H2,1H3;4H,1-3H3. The minimum Gasteiger partial charge on any atom is -0.482 e. The van der Waals surface area contributed by atoms with Gasteiger partial charge in [0.25, 0.3) is 6.47 Å². The molecule has 1 heterocycles. The molecule has 2 rings (SSSR count). The lowest BCUT2D eigenvalue weighted by molar-refractivity contribution is -0.386. The van der Waals surface area contributed by atoms with E-state index in [1.165, 1.54) is 6.07 Å². The van der Waals surface area contributed by atoms with Gasteiger partial charge in [-0.1, -0.05) is 6.07 Å². The van der Waals surface area contributed by atoms with Gasteiger partial charge in [-0.25, -0.2) is 0 Å². The molecule has 0 amide bonds. The third kappa shape index (κ3) is 7.41. The Morgan fingerprint density at radius 2 is 2.08 bits per heavy atom. The molecular formula is C17H26N2O5. The van der Waals surface area contributed by atoms with Crippen LogP contribution in [0.5, 0.6) is 5.75 Å². The van der Waals surface area contributed by atoms with Crippen LogP contribution in [-0.4, -0.2) is 36.2 Å². The molecule has 0 aliphatic carbocycles. The number of piperidine rings is 1. The highest BCUT2D eigenvalue weighted by atomic mass is 16.6. The van der Waals surface area contributed by atoms with Crippen molar-refractivity contribution in [1.29, 1.82) is 0 Å². The van der Waals surface area contributed by atoms with E-state index in [9.17, 15) is 14.9 Å². The van der Waals surface area contributed by atoms with E-state index in [0.717, 1.165) is 31.5 Å². The Morgan fingerprint density at radius 1 is 1.38 bits per heavy atom. The van der Waals surface area contributed by atoms with Crippen LogP contribution in [0.4, 0.5) is 5.69 Å². The van der Waals surface area contributed by atoms with Crippen molar-refractivity contribution in [3.05, 3.63) is 33.9 Å². The molecule has 134 valence electrons. The number of ether oxygens (including phenoxy) is 2. The Labute approximate surface area is 142 Å². The summed E-state index contributed by atoms with van der Waals surface area (Å²) in [6.07, 6.45) is 2.02. The monoisotopic (exact) mass is 338 g/mol. The number of benzene rings is 1. The average molecular weight is 338 g/mol. The second-order valence-electron chi connectivity index (χ2n) is 6.64. The van der Waals surface area contributed by atoms with E-state index < -0.39 is 4.92 Å². The number of nitro groups is 1. The first-order valence-electron chi connectivity index (χ1n) is 7.97. The van der Waals surface area contributed by atoms with Crippen molar-refractivity contribution in [2.75, 3.05) is 13.1 Å². The lowest BCUT2D eigenvalue weighted by Crippen LogP contribution is -2.37. The normalized spacial score (nSPS) is 17.2. The Morgan fingerprint density at radius 3 is 2.54 bits per heavy atom. The van der Waals surface area contributed by atoms with Gasteiger partial charge in [-0.2, -0.15) is 0 Å². The van der Waals surface area contributed by atoms with Gasteiger partial charge in [0.2, 0.25) is 0 Å². The number of hydrogen-bond donors (Lipinski definition) is 1. The molecule has 1 atom stereocenters. The van der Waals surface area contributed by atoms with Crippen LogP contribution in [0, 0.1) is 17.0 Å². The fourth-order valence-electron chi connectivity index (χ4n) is 2.11. The smallest absolute Gasteiger partial charge is 0.310 e. The lowest BCUT2D eigenvalue weighted by atomic mass is 10.1. The first-order valence-corrected chi connectivity index (χ1v) is 7.97. The second-order valence-corrected chi connectivity index (χ2v) is 6.64. The summed E-state index contributed by atoms with van der Waals surface area (Å²) in [4.78, 5) is 20.1. The van der Waals surface area contributed by atoms with Gasteiger partial charge in [-0.3, -0.25) is 14.9 Å². The minimum atomic E-state index is -0.398. The zero-order valence-corrected chi connectivity index (χ0v) is 14.7. The summed E-state index contributed by atoms with van der Waals surface area (Å²) in [5.41, 5.74) is 0.692. The van der Waals surface area contributed by atoms with Gasteiger partial charge >= 0.3 is 5.69 Å². The topological polar surface area (TPSA) is 90.7 Å². The third-order valence-corrected chi connectivity index (χ3v) is 3.26. The van der Waals surface area contributed by atoms with Crippen LogP contribution in [-0.2, 0) is 9.53 Å². The van der Waals surface area contributed by atoms with Gasteiger partial charge in [0.15, 0.2) is 5.75 Å². The van der Waals surface area contributed by atoms with Gasteiger partial charge < -0.3 is 14.8 Å². The highest BCUT2D eigenvalue weighted by Crippen LogP contribution is 2.29. The van der Waals surface area contributed by atoms with E-state index in [1.807, 2.05) is 27.7 Å². The number of carbonyl (C=O) groups is 1. The molecular weight excluding hydrogens is 312 g/mol. The number of carbonyl (C=O) groups excluding carboxylic acids is 1. The molecule has 7 nitrogen and oxygen atoms in total. The summed E-state index contributed by atoms with van der Waals surface area (Å²) in [5, 5.41) is 14.1. The molecule has 0 saturated carbocycles. The number of rotatable bonds is 4. The van der Waals surface area contributed by atoms with E-state index in [1.54, 1.807) is 12.1 Å². The van der Waals surface area contributed by atoms with Gasteiger partial charge in [0, 0.05) is 12.6 Å². The fourth-order valence-corrected chi connectivity index (χ4v) is 2.11. The molecule has 0 bridgehead atoms. The van der Waals surface area contributed by atoms with E-state index >= 15 is 0 Å². The van der Waals surface area contributed by atoms with Crippen molar-refractivity contribution < 1.29 is 19.2 Å². The van der Waals surface area contributed by atoms with Crippen LogP contribution in [0.15, 0.2) is 18.2 Å². The van der Waals surface area contributed by atoms with Gasteiger partial charge in [-0.15, -0.1) is 0 Å². The Hall–Kier alpha value is -2.15. The quantitative estimate of drug-likeness (QED) is 0.515. The molecule has 1 aliphatic rings. The first-order chi connectivity index (χ1) is 11.2. The number of hydrogen-bond acceptors (Lipinski definition) is 6. The van der Waals surface area contributed by atoms with Crippen LogP contribution in [0.1, 0.15) is 39.2 Å². The van der Waals surface area contributed by atoms with Crippen molar-refractivity contribution in [3.8, 4) is 5.75 Å². The molecule has 1 N–H and O–H groups in total. The maximum absolute atomic E-state index is 10.9. The van der Waals surface area contributed by atoms with Gasteiger partial charge in [-0.05, 0) is 58.7 Å². The van der Waals surface area contributed by atoms with E-state index in [2.05, 4.69) is 10.1 Å². The summed E-state index contributed by atoms with van der Waals surface area (Å²) in [5.74, 6) is 0.378. The van der Waals surface area contributed by atoms with Crippen LogP contribution in [0.25, 0.3) is 0 Å². The van der Waals surface area contributed by atoms with Crippen molar-refractivity contribution in [2.45, 2.75) is 52.2 Å². The number of nitrogens with one attached hydrogen (secondary N) is 1. The Kier molecular flexibility index (Phi) is 7.64. The summed E-state index contributed by atoms with van der Waals surface area (Å²) < 4.78 is 10.3. The highest BCUT2D eigenvalue weighted by molar-refractivity contribution is 5.48. The van der Waals surface area contributed by atoms with E-state index in [0.29, 0.717) is 12.2 Å². The number of nitrogens with zero attached hydrogens (tertiary/aromatic N) is 1. The molecule has 1 aliphatic heterocycles. The predicted octanol–water partition coefficient (Wildman–Crippen LogP) is 2.99. The molecule has 1 unspecified atom stereocenters. The summed E-state index contributed by atoms with van der Waals surface area (Å²) >= 11 is 0. The van der Waals surface area contributed by atoms with Crippen molar-refractivity contribution in [2.24, 2.45) is 0 Å². The predicted molar refractivity (Wildman–Crippen MR) is 91.3 cm³/mol. The van der Waals surface area contributed by atoms with Crippen LogP contribution < -0.4 is 10.1 Å². The SMILES string of the molecule is CC(C)(C)OC=O.Cc1ccc([N+](=O)[O-])c(OC2CCCNC2)c1. The zero-order valence-electron chi connectivity index (χ0n) is 14.7. The molecule has 1 fully saturated rings. The largest absolute Gasteiger partial charge is 0.482 e. The molecule has 7 heteroatoms. The van der Waals surface area contributed by atoms with Crippen molar-refractivity contribution in [3.63, 3.8) is 0 Å². The summed E-state index contributed by atoms with van der Waals surface area (Å²) in [6, 6.07) is 4.96. The maximum atomic E-state index is 10.9. The second kappa shape index (κ2) is 9.22. The number of nitro benzene ring substituents is 1. The fraction of sp³-hybridized carbons (Fsp3) is 0.588. The molecule has 1 aromatic rings. The third-order valence-electron chi connectivity index (χ3n) is 3.26. The molecule has 24 heavy (non-hydrogen) atoms. The van der Waals surface area contributed by atoms with E-state index in [4.69, 9.17) is 4.74 Å². The molecule has 1 aromatic carbocycles. The summed E-state index contributed by atoms with van der Waals surface area (Å²) in [7, 11) is 0. The molecule has 0 radical (unpaired) electrons. The average Bonchev–Trinajstić information content (AvgIpc) is 2.47. The van der Waals surface area contributed by atoms with Gasteiger partial charge in [0.1, 0.15) is 11.7 Å². The molecule has 0 spiro atoms. The van der Waals surface area contributed by atoms with Crippen LogP contribution in [0.2, 0.25) is 0 Å². The van der Waals surface area contributed by atoms with Crippen molar-refractivity contribution in [1.82, 2.24) is 5.32 Å². The first kappa shape index (κ1) is 19.9. The van der Waals surface area contributed by atoms with Gasteiger partial charge in [0.05, 0.1) is 4.92 Å². The van der Waals surface area contributed by atoms with Crippen LogP contribution in [0.3, 0.4) is 0 Å². The Bertz CT molecular complexity index is 548. The number of aryl methyl sites for hydroxylation is 1. The maximum Gasteiger partial charge on any atom is 0.310 e. The summed E-state index contributed by atoms with van der Waals surface area (Å²) in [6.45, 7) is 9.57. The molecule has 0 aromatic heterocycles. The van der Waals surface area contributed by atoms with Crippen LogP contribution >= 0.6 is 0 Å². The molecule has 1 saturated heterocycles. The highest BCUT2D eigenvalue weighted by Gasteiger charge is 2.20.